The minimum Gasteiger partial charge on any atom is -0.436 e. The molecule has 2 aromatic carbocycles. The molecular weight excluding hydrogens is 376 g/mol. The lowest BCUT2D eigenvalue weighted by molar-refractivity contribution is 0.0583. The Morgan fingerprint density at radius 3 is 2.07 bits per heavy atom. The van der Waals surface area contributed by atoms with E-state index in [2.05, 4.69) is 6.07 Å². The Bertz CT molecular complexity index is 1030. The number of carbonyl (C=O) groups excluding carboxylic acids is 1. The van der Waals surface area contributed by atoms with Crippen molar-refractivity contribution in [1.29, 1.82) is 5.26 Å². The van der Waals surface area contributed by atoms with Gasteiger partial charge in [0, 0.05) is 18.2 Å². The highest BCUT2D eigenvalue weighted by atomic mass is 32.2. The van der Waals surface area contributed by atoms with Crippen LogP contribution in [0.5, 0.6) is 0 Å². The Hall–Kier alpha value is -2.85. The van der Waals surface area contributed by atoms with Crippen LogP contribution < -0.4 is 0 Å². The Kier molecular flexibility index (Phi) is 4.39. The fourth-order valence-corrected chi connectivity index (χ4v) is 5.49. The van der Waals surface area contributed by atoms with Gasteiger partial charge in [0.25, 0.3) is 0 Å². The van der Waals surface area contributed by atoms with Gasteiger partial charge in [-0.3, -0.25) is 4.90 Å². The van der Waals surface area contributed by atoms with Gasteiger partial charge in [-0.25, -0.2) is 13.2 Å². The average molecular weight is 396 g/mol. The molecule has 1 aliphatic carbocycles. The molecule has 1 heterocycles. The van der Waals surface area contributed by atoms with Gasteiger partial charge < -0.3 is 4.74 Å². The monoisotopic (exact) mass is 396 g/mol. The van der Waals surface area contributed by atoms with Crippen LogP contribution in [0.2, 0.25) is 0 Å². The van der Waals surface area contributed by atoms with E-state index < -0.39 is 27.6 Å². The molecule has 1 amide bonds. The zero-order chi connectivity index (χ0) is 19.9. The summed E-state index contributed by atoms with van der Waals surface area (Å²) < 4.78 is 29.4. The van der Waals surface area contributed by atoms with Crippen LogP contribution in [0.15, 0.2) is 48.5 Å². The summed E-state index contributed by atoms with van der Waals surface area (Å²) in [5, 5.41) is 9.71. The molecule has 0 atom stereocenters. The fourth-order valence-electron chi connectivity index (χ4n) is 3.99. The molecule has 1 aliphatic heterocycles. The first-order valence-electron chi connectivity index (χ1n) is 9.11. The topological polar surface area (TPSA) is 87.5 Å². The summed E-state index contributed by atoms with van der Waals surface area (Å²) in [6, 6.07) is 17.7. The summed E-state index contributed by atoms with van der Waals surface area (Å²) in [6.45, 7) is 0. The van der Waals surface area contributed by atoms with Crippen LogP contribution in [-0.2, 0) is 14.6 Å². The molecule has 7 heteroatoms. The number of rotatable bonds is 2. The van der Waals surface area contributed by atoms with Gasteiger partial charge in [0.2, 0.25) is 0 Å². The van der Waals surface area contributed by atoms with E-state index >= 15 is 0 Å². The van der Waals surface area contributed by atoms with Crippen molar-refractivity contribution >= 4 is 15.9 Å². The van der Waals surface area contributed by atoms with E-state index in [1.54, 1.807) is 0 Å². The maximum atomic E-state index is 12.9. The maximum absolute atomic E-state index is 12.9. The number of ether oxygens (including phenoxy) is 1. The minimum atomic E-state index is -3.16. The molecule has 144 valence electrons. The molecule has 0 bridgehead atoms. The van der Waals surface area contributed by atoms with Gasteiger partial charge >= 0.3 is 6.09 Å². The molecule has 2 aromatic rings. The van der Waals surface area contributed by atoms with Gasteiger partial charge in [-0.1, -0.05) is 48.5 Å². The van der Waals surface area contributed by atoms with Crippen molar-refractivity contribution in [2.24, 2.45) is 0 Å². The number of fused-ring (bicyclic) bond motifs is 3. The predicted octanol–water partition coefficient (Wildman–Crippen LogP) is 3.30. The molecular formula is C21H20N2O4S. The predicted molar refractivity (Wildman–Crippen MR) is 104 cm³/mol. The van der Waals surface area contributed by atoms with Crippen LogP contribution >= 0.6 is 0 Å². The minimum absolute atomic E-state index is 0.0925. The lowest BCUT2D eigenvalue weighted by atomic mass is 9.92. The highest BCUT2D eigenvalue weighted by Gasteiger charge is 2.44. The second kappa shape index (κ2) is 6.64. The molecule has 6 nitrogen and oxygen atoms in total. The smallest absolute Gasteiger partial charge is 0.411 e. The molecule has 0 spiro atoms. The van der Waals surface area contributed by atoms with Gasteiger partial charge in [0.1, 0.15) is 5.54 Å². The van der Waals surface area contributed by atoms with E-state index in [0.29, 0.717) is 0 Å². The molecule has 4 rings (SSSR count). The molecule has 0 unspecified atom stereocenters. The van der Waals surface area contributed by atoms with E-state index in [9.17, 15) is 18.5 Å². The number of hydrogen-bond acceptors (Lipinski definition) is 5. The normalized spacial score (nSPS) is 19.1. The zero-order valence-corrected chi connectivity index (χ0v) is 16.3. The quantitative estimate of drug-likeness (QED) is 0.777. The van der Waals surface area contributed by atoms with Crippen molar-refractivity contribution in [3.8, 4) is 17.2 Å². The molecule has 2 aliphatic rings. The molecule has 0 aromatic heterocycles. The average Bonchev–Trinajstić information content (AvgIpc) is 3.02. The first-order valence-corrected chi connectivity index (χ1v) is 10.9. The second-order valence-electron chi connectivity index (χ2n) is 7.29. The first-order chi connectivity index (χ1) is 13.4. The second-order valence-corrected chi connectivity index (χ2v) is 9.60. The van der Waals surface area contributed by atoms with Gasteiger partial charge in [0.15, 0.2) is 15.9 Å². The van der Waals surface area contributed by atoms with E-state index in [4.69, 9.17) is 4.74 Å². The summed E-state index contributed by atoms with van der Waals surface area (Å²) in [4.78, 5) is 14.2. The first kappa shape index (κ1) is 18.5. The van der Waals surface area contributed by atoms with E-state index in [1.165, 1.54) is 11.9 Å². The molecule has 28 heavy (non-hydrogen) atoms. The number of sulfone groups is 1. The van der Waals surface area contributed by atoms with Crippen molar-refractivity contribution in [3.63, 3.8) is 0 Å². The molecule has 0 N–H and O–H groups in total. The molecule has 0 radical (unpaired) electrons. The third kappa shape index (κ3) is 2.94. The van der Waals surface area contributed by atoms with Crippen LogP contribution in [0.3, 0.4) is 0 Å². The Morgan fingerprint density at radius 2 is 1.57 bits per heavy atom. The number of nitrogens with zero attached hydrogens (tertiary/aromatic N) is 2. The Morgan fingerprint density at radius 1 is 1.07 bits per heavy atom. The van der Waals surface area contributed by atoms with Crippen LogP contribution in [0, 0.1) is 11.3 Å². The summed E-state index contributed by atoms with van der Waals surface area (Å²) in [5.41, 5.74) is 2.69. The summed E-state index contributed by atoms with van der Waals surface area (Å²) >= 11 is 0. The van der Waals surface area contributed by atoms with Crippen LogP contribution in [0.4, 0.5) is 4.79 Å². The third-order valence-electron chi connectivity index (χ3n) is 5.77. The van der Waals surface area contributed by atoms with E-state index in [0.717, 1.165) is 22.3 Å². The summed E-state index contributed by atoms with van der Waals surface area (Å²) in [7, 11) is -1.65. The van der Waals surface area contributed by atoms with Gasteiger partial charge in [0.05, 0.1) is 17.6 Å². The lowest BCUT2D eigenvalue weighted by Gasteiger charge is -2.38. The third-order valence-corrected chi connectivity index (χ3v) is 7.42. The fraction of sp³-hybridized carbons (Fsp3) is 0.333. The molecule has 1 saturated heterocycles. The number of carbonyl (C=O) groups is 1. The largest absolute Gasteiger partial charge is 0.436 e. The van der Waals surface area contributed by atoms with Crippen LogP contribution in [0.25, 0.3) is 11.1 Å². The number of amides is 1. The van der Waals surface area contributed by atoms with E-state index in [1.807, 2.05) is 48.5 Å². The Labute approximate surface area is 164 Å². The highest BCUT2D eigenvalue weighted by molar-refractivity contribution is 7.91. The van der Waals surface area contributed by atoms with Gasteiger partial charge in [-0.05, 0) is 24.0 Å². The van der Waals surface area contributed by atoms with Crippen molar-refractivity contribution in [3.05, 3.63) is 59.7 Å². The Balaban J connectivity index is 1.61. The summed E-state index contributed by atoms with van der Waals surface area (Å²) in [6.07, 6.45) is -0.993. The molecule has 1 fully saturated rings. The summed E-state index contributed by atoms with van der Waals surface area (Å²) in [5.74, 6) is -0.208. The molecule has 0 saturated carbocycles. The van der Waals surface area contributed by atoms with Crippen molar-refractivity contribution in [1.82, 2.24) is 4.90 Å². The van der Waals surface area contributed by atoms with Crippen molar-refractivity contribution in [2.45, 2.75) is 24.5 Å². The van der Waals surface area contributed by atoms with Crippen LogP contribution in [0.1, 0.15) is 30.1 Å². The van der Waals surface area contributed by atoms with Crippen LogP contribution in [-0.4, -0.2) is 43.5 Å². The SMILES string of the molecule is CN(C(=O)OC1c2ccccc2-c2ccccc21)C1(C#N)CCS(=O)(=O)CC1. The van der Waals surface area contributed by atoms with Gasteiger partial charge in [-0.15, -0.1) is 0 Å². The number of hydrogen-bond donors (Lipinski definition) is 0. The van der Waals surface area contributed by atoms with Gasteiger partial charge in [-0.2, -0.15) is 5.26 Å². The number of nitriles is 1. The van der Waals surface area contributed by atoms with Crippen molar-refractivity contribution < 1.29 is 17.9 Å². The maximum Gasteiger partial charge on any atom is 0.411 e. The standard InChI is InChI=1S/C21H20N2O4S/c1-23(21(14-22)10-12-28(25,26)13-11-21)20(24)27-19-17-8-4-2-6-15(17)16-7-3-5-9-18(16)19/h2-9,19H,10-13H2,1H3. The zero-order valence-electron chi connectivity index (χ0n) is 15.5. The highest BCUT2D eigenvalue weighted by Crippen LogP contribution is 2.45. The van der Waals surface area contributed by atoms with Crippen molar-refractivity contribution in [2.75, 3.05) is 18.6 Å². The van der Waals surface area contributed by atoms with E-state index in [-0.39, 0.29) is 24.3 Å². The number of benzene rings is 2. The lowest BCUT2D eigenvalue weighted by Crippen LogP contribution is -2.53.